The van der Waals surface area contributed by atoms with Crippen LogP contribution in [0.5, 0.6) is 0 Å². The molecule has 0 spiro atoms. The van der Waals surface area contributed by atoms with E-state index in [0.29, 0.717) is 25.0 Å². The molecule has 0 fully saturated rings. The predicted octanol–water partition coefficient (Wildman–Crippen LogP) is 1.04. The third kappa shape index (κ3) is 2.72. The minimum Gasteiger partial charge on any atom is -0.381 e. The molecule has 2 aromatic rings. The molecule has 0 unspecified atom stereocenters. The molecule has 1 N–H and O–H groups in total. The summed E-state index contributed by atoms with van der Waals surface area (Å²) in [5, 5.41) is 0.601. The molecule has 0 saturated heterocycles. The Labute approximate surface area is 128 Å². The van der Waals surface area contributed by atoms with E-state index in [4.69, 9.17) is 0 Å². The highest BCUT2D eigenvalue weighted by Gasteiger charge is 2.14. The second-order valence-corrected chi connectivity index (χ2v) is 5.56. The van der Waals surface area contributed by atoms with Crippen molar-refractivity contribution in [1.82, 2.24) is 14.9 Å². The van der Waals surface area contributed by atoms with E-state index in [1.165, 1.54) is 0 Å². The Morgan fingerprint density at radius 2 is 2.18 bits per heavy atom. The summed E-state index contributed by atoms with van der Waals surface area (Å²) in [6.45, 7) is 2.45. The normalized spacial score (nSPS) is 13.5. The summed E-state index contributed by atoms with van der Waals surface area (Å²) >= 11 is 0. The number of aryl methyl sites for hydroxylation is 1. The number of aromatic nitrogens is 2. The van der Waals surface area contributed by atoms with Crippen LogP contribution in [0, 0.1) is 6.92 Å². The van der Waals surface area contributed by atoms with Crippen molar-refractivity contribution >= 4 is 24.5 Å². The first-order chi connectivity index (χ1) is 10.6. The molecule has 5 nitrogen and oxygen atoms in total. The predicted molar refractivity (Wildman–Crippen MR) is 87.9 cm³/mol. The van der Waals surface area contributed by atoms with Crippen molar-refractivity contribution in [3.63, 3.8) is 0 Å². The van der Waals surface area contributed by atoms with E-state index in [2.05, 4.69) is 14.9 Å². The Morgan fingerprint density at radius 3 is 2.91 bits per heavy atom. The standard InChI is InChI=1S/C16H16BN3O2/c1-10-18-14-5-3-11(7-13(14)16(22)19-10)8-20(2)15-6-4-12(9-21)17-15/h3-7,9,17H,8H2,1-2H3,(H,18,19,22). The molecule has 1 aromatic carbocycles. The van der Waals surface area contributed by atoms with Crippen LogP contribution in [0.1, 0.15) is 11.4 Å². The highest BCUT2D eigenvalue weighted by molar-refractivity contribution is 6.60. The van der Waals surface area contributed by atoms with Crippen molar-refractivity contribution in [2.24, 2.45) is 0 Å². The van der Waals surface area contributed by atoms with Crippen LogP contribution in [0.4, 0.5) is 0 Å². The van der Waals surface area contributed by atoms with Gasteiger partial charge in [0.15, 0.2) is 0 Å². The molecule has 6 heteroatoms. The fraction of sp³-hybridized carbons (Fsp3) is 0.188. The lowest BCUT2D eigenvalue weighted by atomic mass is 9.69. The third-order valence-electron chi connectivity index (χ3n) is 3.84. The zero-order chi connectivity index (χ0) is 15.7. The van der Waals surface area contributed by atoms with Crippen LogP contribution in [0.3, 0.4) is 0 Å². The highest BCUT2D eigenvalue weighted by Crippen LogP contribution is 2.17. The van der Waals surface area contributed by atoms with E-state index in [9.17, 15) is 9.59 Å². The molecular formula is C16H16BN3O2. The van der Waals surface area contributed by atoms with E-state index in [0.717, 1.165) is 28.4 Å². The van der Waals surface area contributed by atoms with Gasteiger partial charge in [0.25, 0.3) is 5.56 Å². The maximum absolute atomic E-state index is 12.0. The van der Waals surface area contributed by atoms with Gasteiger partial charge in [0.2, 0.25) is 7.28 Å². The molecule has 2 heterocycles. The van der Waals surface area contributed by atoms with Crippen molar-refractivity contribution in [1.29, 1.82) is 0 Å². The molecule has 22 heavy (non-hydrogen) atoms. The summed E-state index contributed by atoms with van der Waals surface area (Å²) in [4.78, 5) is 31.9. The van der Waals surface area contributed by atoms with Crippen molar-refractivity contribution < 1.29 is 4.79 Å². The van der Waals surface area contributed by atoms with Gasteiger partial charge in [-0.2, -0.15) is 4.98 Å². The fourth-order valence-corrected chi connectivity index (χ4v) is 2.66. The van der Waals surface area contributed by atoms with Gasteiger partial charge in [-0.1, -0.05) is 18.2 Å². The molecule has 0 aliphatic carbocycles. The summed E-state index contributed by atoms with van der Waals surface area (Å²) in [7, 11) is 2.64. The quantitative estimate of drug-likeness (QED) is 0.675. The first kappa shape index (κ1) is 14.3. The molecule has 110 valence electrons. The summed E-state index contributed by atoms with van der Waals surface area (Å²) < 4.78 is 0. The number of fused-ring (bicyclic) bond motifs is 1. The Hall–Kier alpha value is -2.63. The second-order valence-electron chi connectivity index (χ2n) is 5.56. The number of rotatable bonds is 4. The molecule has 0 saturated carbocycles. The number of carbonyl (C=O) groups excluding carboxylic acids is 1. The number of aromatic amines is 1. The number of carbonyl (C=O) groups is 1. The Balaban J connectivity index is 1.83. The highest BCUT2D eigenvalue weighted by atomic mass is 16.1. The Bertz CT molecular complexity index is 867. The molecule has 1 aliphatic rings. The summed E-state index contributed by atoms with van der Waals surface area (Å²) in [5.74, 6) is 0.617. The first-order valence-electron chi connectivity index (χ1n) is 7.12. The van der Waals surface area contributed by atoms with E-state index < -0.39 is 0 Å². The number of aldehydes is 1. The minimum atomic E-state index is -0.208. The molecule has 3 rings (SSSR count). The van der Waals surface area contributed by atoms with Crippen molar-refractivity contribution in [3.8, 4) is 0 Å². The van der Waals surface area contributed by atoms with Gasteiger partial charge in [-0.15, -0.1) is 0 Å². The summed E-state index contributed by atoms with van der Waals surface area (Å²) in [5.41, 5.74) is 3.51. The van der Waals surface area contributed by atoms with Crippen LogP contribution in [0.2, 0.25) is 0 Å². The summed E-state index contributed by atoms with van der Waals surface area (Å²) in [6, 6.07) is 5.78. The number of hydrogen-bond acceptors (Lipinski definition) is 4. The maximum Gasteiger partial charge on any atom is 0.280 e. The van der Waals surface area contributed by atoms with Gasteiger partial charge in [-0.05, 0) is 35.7 Å². The third-order valence-corrected chi connectivity index (χ3v) is 3.84. The first-order valence-corrected chi connectivity index (χ1v) is 7.12. The average molecular weight is 293 g/mol. The topological polar surface area (TPSA) is 66.1 Å². The van der Waals surface area contributed by atoms with Crippen LogP contribution in [0.15, 0.2) is 46.2 Å². The minimum absolute atomic E-state index is 0.208. The Morgan fingerprint density at radius 1 is 1.36 bits per heavy atom. The van der Waals surface area contributed by atoms with Gasteiger partial charge in [0, 0.05) is 13.6 Å². The van der Waals surface area contributed by atoms with Gasteiger partial charge in [0.1, 0.15) is 12.1 Å². The number of nitrogens with one attached hydrogen (secondary N) is 1. The van der Waals surface area contributed by atoms with Crippen molar-refractivity contribution in [2.75, 3.05) is 7.05 Å². The van der Waals surface area contributed by atoms with Crippen molar-refractivity contribution in [2.45, 2.75) is 13.5 Å². The zero-order valence-electron chi connectivity index (χ0n) is 12.6. The SMILES string of the molecule is Cc1nc(=O)c2cc(CN(C)C3=CC=C(C=O)B3)ccc2[nH]1. The largest absolute Gasteiger partial charge is 0.381 e. The molecular weight excluding hydrogens is 277 g/mol. The van der Waals surface area contributed by atoms with Gasteiger partial charge < -0.3 is 9.88 Å². The second kappa shape index (κ2) is 5.64. The molecule has 1 aromatic heterocycles. The smallest absolute Gasteiger partial charge is 0.280 e. The van der Waals surface area contributed by atoms with Gasteiger partial charge >= 0.3 is 0 Å². The van der Waals surface area contributed by atoms with Crippen LogP contribution in [-0.2, 0) is 11.3 Å². The number of H-pyrrole nitrogens is 1. The molecule has 0 atom stereocenters. The maximum atomic E-state index is 12.0. The lowest BCUT2D eigenvalue weighted by Crippen LogP contribution is -2.21. The van der Waals surface area contributed by atoms with E-state index in [-0.39, 0.29) is 5.56 Å². The molecule has 0 amide bonds. The van der Waals surface area contributed by atoms with Crippen LogP contribution < -0.4 is 5.56 Å². The van der Waals surface area contributed by atoms with Gasteiger partial charge in [0.05, 0.1) is 10.9 Å². The fourth-order valence-electron chi connectivity index (χ4n) is 2.66. The average Bonchev–Trinajstić information content (AvgIpc) is 2.97. The van der Waals surface area contributed by atoms with E-state index in [1.54, 1.807) is 6.92 Å². The van der Waals surface area contributed by atoms with E-state index >= 15 is 0 Å². The van der Waals surface area contributed by atoms with Crippen LogP contribution in [0.25, 0.3) is 10.9 Å². The van der Waals surface area contributed by atoms with Gasteiger partial charge in [-0.25, -0.2) is 0 Å². The van der Waals surface area contributed by atoms with Crippen LogP contribution in [-0.4, -0.2) is 35.5 Å². The molecule has 0 bridgehead atoms. The van der Waals surface area contributed by atoms with Crippen molar-refractivity contribution in [3.05, 3.63) is 63.2 Å². The monoisotopic (exact) mass is 293 g/mol. The number of nitrogens with zero attached hydrogens (tertiary/aromatic N) is 2. The number of allylic oxidation sites excluding steroid dienone is 3. The lowest BCUT2D eigenvalue weighted by molar-refractivity contribution is -0.104. The van der Waals surface area contributed by atoms with E-state index in [1.807, 2.05) is 37.4 Å². The number of hydrogen-bond donors (Lipinski definition) is 1. The summed E-state index contributed by atoms with van der Waals surface area (Å²) in [6.07, 6.45) is 4.69. The zero-order valence-corrected chi connectivity index (χ0v) is 12.6. The molecule has 1 aliphatic heterocycles. The Kier molecular flexibility index (Phi) is 3.67. The molecule has 0 radical (unpaired) electrons. The van der Waals surface area contributed by atoms with Crippen LogP contribution >= 0.6 is 0 Å². The lowest BCUT2D eigenvalue weighted by Gasteiger charge is -2.21. The number of benzene rings is 1. The van der Waals surface area contributed by atoms with Gasteiger partial charge in [-0.3, -0.25) is 9.59 Å².